The van der Waals surface area contributed by atoms with Gasteiger partial charge in [-0.2, -0.15) is 0 Å². The molecule has 0 bridgehead atoms. The van der Waals surface area contributed by atoms with Crippen LogP contribution in [0.5, 0.6) is 0 Å². The summed E-state index contributed by atoms with van der Waals surface area (Å²) >= 11 is 0. The minimum Gasteiger partial charge on any atom is -0.353 e. The zero-order valence-corrected chi connectivity index (χ0v) is 10.7. The van der Waals surface area contributed by atoms with Gasteiger partial charge >= 0.3 is 0 Å². The van der Waals surface area contributed by atoms with Crippen molar-refractivity contribution in [2.24, 2.45) is 0 Å². The Balaban J connectivity index is 1.83. The zero-order chi connectivity index (χ0) is 13.2. The minimum absolute atomic E-state index is 0.0505. The molecule has 100 valence electrons. The van der Waals surface area contributed by atoms with Gasteiger partial charge in [-0.15, -0.1) is 0 Å². The molecular formula is C14H17N3O2. The second-order valence-electron chi connectivity index (χ2n) is 4.99. The largest absolute Gasteiger partial charge is 0.353 e. The number of hydrogen-bond donors (Lipinski definition) is 2. The van der Waals surface area contributed by atoms with Crippen LogP contribution >= 0.6 is 0 Å². The van der Waals surface area contributed by atoms with Crippen molar-refractivity contribution in [3.05, 3.63) is 35.4 Å². The van der Waals surface area contributed by atoms with E-state index in [2.05, 4.69) is 10.6 Å². The van der Waals surface area contributed by atoms with Gasteiger partial charge in [0, 0.05) is 26.2 Å². The highest BCUT2D eigenvalue weighted by molar-refractivity contribution is 5.90. The minimum atomic E-state index is -0.171. The third kappa shape index (κ3) is 2.33. The summed E-state index contributed by atoms with van der Waals surface area (Å²) in [7, 11) is 0. The lowest BCUT2D eigenvalue weighted by molar-refractivity contribution is -0.139. The van der Waals surface area contributed by atoms with Crippen LogP contribution in [0.25, 0.3) is 0 Å². The van der Waals surface area contributed by atoms with E-state index in [4.69, 9.17) is 0 Å². The van der Waals surface area contributed by atoms with Gasteiger partial charge < -0.3 is 15.5 Å². The van der Waals surface area contributed by atoms with E-state index in [1.807, 2.05) is 24.3 Å². The molecule has 2 heterocycles. The molecule has 1 fully saturated rings. The lowest BCUT2D eigenvalue weighted by Crippen LogP contribution is -2.52. The quantitative estimate of drug-likeness (QED) is 0.736. The number of piperazine rings is 1. The van der Waals surface area contributed by atoms with Crippen LogP contribution < -0.4 is 10.6 Å². The van der Waals surface area contributed by atoms with Crippen LogP contribution in [0.4, 0.5) is 0 Å². The lowest BCUT2D eigenvalue weighted by Gasteiger charge is -2.33. The van der Waals surface area contributed by atoms with Gasteiger partial charge in [-0.05, 0) is 11.1 Å². The predicted molar refractivity (Wildman–Crippen MR) is 70.5 cm³/mol. The molecule has 19 heavy (non-hydrogen) atoms. The van der Waals surface area contributed by atoms with Crippen LogP contribution in [-0.2, 0) is 16.1 Å². The SMILES string of the molecule is O=C1CN(C(=O)C2CNCc3ccccc32)CCN1. The molecule has 5 nitrogen and oxygen atoms in total. The lowest BCUT2D eigenvalue weighted by atomic mass is 9.89. The van der Waals surface area contributed by atoms with Crippen LogP contribution in [0, 0.1) is 0 Å². The highest BCUT2D eigenvalue weighted by Gasteiger charge is 2.31. The molecule has 1 saturated heterocycles. The molecule has 1 aromatic rings. The van der Waals surface area contributed by atoms with Gasteiger partial charge in [0.1, 0.15) is 0 Å². The average Bonchev–Trinajstić information content (AvgIpc) is 2.46. The fourth-order valence-electron chi connectivity index (χ4n) is 2.76. The van der Waals surface area contributed by atoms with Crippen molar-refractivity contribution in [2.75, 3.05) is 26.2 Å². The van der Waals surface area contributed by atoms with Crippen molar-refractivity contribution < 1.29 is 9.59 Å². The van der Waals surface area contributed by atoms with E-state index < -0.39 is 0 Å². The van der Waals surface area contributed by atoms with Crippen molar-refractivity contribution in [3.8, 4) is 0 Å². The molecule has 2 amide bonds. The van der Waals surface area contributed by atoms with Crippen LogP contribution in [-0.4, -0.2) is 42.9 Å². The molecule has 2 aliphatic heterocycles. The summed E-state index contributed by atoms with van der Waals surface area (Å²) in [5.74, 6) is -0.193. The Morgan fingerprint density at radius 2 is 2.16 bits per heavy atom. The summed E-state index contributed by atoms with van der Waals surface area (Å²) in [6.07, 6.45) is 0. The van der Waals surface area contributed by atoms with Gasteiger partial charge in [-0.25, -0.2) is 0 Å². The van der Waals surface area contributed by atoms with E-state index in [1.165, 1.54) is 5.56 Å². The second kappa shape index (κ2) is 5.01. The molecule has 0 spiro atoms. The average molecular weight is 259 g/mol. The fourth-order valence-corrected chi connectivity index (χ4v) is 2.76. The molecule has 3 rings (SSSR count). The second-order valence-corrected chi connectivity index (χ2v) is 4.99. The standard InChI is InChI=1S/C14H17N3O2/c18-13-9-17(6-5-16-13)14(19)12-8-15-7-10-3-1-2-4-11(10)12/h1-4,12,15H,5-9H2,(H,16,18). The first-order valence-corrected chi connectivity index (χ1v) is 6.60. The number of nitrogens with zero attached hydrogens (tertiary/aromatic N) is 1. The maximum absolute atomic E-state index is 12.6. The Bertz CT molecular complexity index is 515. The first-order valence-electron chi connectivity index (χ1n) is 6.60. The zero-order valence-electron chi connectivity index (χ0n) is 10.7. The van der Waals surface area contributed by atoms with Crippen LogP contribution in [0.2, 0.25) is 0 Å². The topological polar surface area (TPSA) is 61.4 Å². The number of benzene rings is 1. The number of amides is 2. The number of carbonyl (C=O) groups is 2. The Kier molecular flexibility index (Phi) is 3.21. The number of carbonyl (C=O) groups excluding carboxylic acids is 2. The maximum Gasteiger partial charge on any atom is 0.239 e. The highest BCUT2D eigenvalue weighted by atomic mass is 16.2. The van der Waals surface area contributed by atoms with Gasteiger partial charge in [-0.1, -0.05) is 24.3 Å². The summed E-state index contributed by atoms with van der Waals surface area (Å²) in [4.78, 5) is 25.6. The van der Waals surface area contributed by atoms with Crippen LogP contribution in [0.15, 0.2) is 24.3 Å². The Labute approximate surface area is 112 Å². The van der Waals surface area contributed by atoms with Gasteiger partial charge in [0.2, 0.25) is 11.8 Å². The number of rotatable bonds is 1. The first-order chi connectivity index (χ1) is 9.25. The third-order valence-electron chi connectivity index (χ3n) is 3.74. The summed E-state index contributed by atoms with van der Waals surface area (Å²) in [5.41, 5.74) is 2.27. The number of fused-ring (bicyclic) bond motifs is 1. The Morgan fingerprint density at radius 3 is 3.00 bits per heavy atom. The molecule has 1 atom stereocenters. The molecule has 5 heteroatoms. The van der Waals surface area contributed by atoms with E-state index in [0.717, 1.165) is 12.1 Å². The molecule has 1 unspecified atom stereocenters. The van der Waals surface area contributed by atoms with E-state index in [9.17, 15) is 9.59 Å². The van der Waals surface area contributed by atoms with E-state index in [0.29, 0.717) is 19.6 Å². The highest BCUT2D eigenvalue weighted by Crippen LogP contribution is 2.25. The number of hydrogen-bond acceptors (Lipinski definition) is 3. The molecule has 2 aliphatic rings. The summed E-state index contributed by atoms with van der Waals surface area (Å²) < 4.78 is 0. The van der Waals surface area contributed by atoms with E-state index in [-0.39, 0.29) is 24.3 Å². The van der Waals surface area contributed by atoms with Gasteiger partial charge in [-0.3, -0.25) is 9.59 Å². The van der Waals surface area contributed by atoms with Crippen LogP contribution in [0.1, 0.15) is 17.0 Å². The van der Waals surface area contributed by atoms with Crippen molar-refractivity contribution in [2.45, 2.75) is 12.5 Å². The van der Waals surface area contributed by atoms with Gasteiger partial charge in [0.15, 0.2) is 0 Å². The normalized spacial score (nSPS) is 22.6. The molecule has 2 N–H and O–H groups in total. The Morgan fingerprint density at radius 1 is 1.32 bits per heavy atom. The summed E-state index contributed by atoms with van der Waals surface area (Å²) in [6.45, 7) is 2.78. The van der Waals surface area contributed by atoms with Gasteiger partial charge in [0.05, 0.1) is 12.5 Å². The first kappa shape index (κ1) is 12.2. The number of nitrogens with one attached hydrogen (secondary N) is 2. The maximum atomic E-state index is 12.6. The van der Waals surface area contributed by atoms with E-state index in [1.54, 1.807) is 4.90 Å². The summed E-state index contributed by atoms with van der Waals surface area (Å²) in [6, 6.07) is 8.02. The van der Waals surface area contributed by atoms with Crippen molar-refractivity contribution in [3.63, 3.8) is 0 Å². The van der Waals surface area contributed by atoms with Crippen molar-refractivity contribution >= 4 is 11.8 Å². The van der Waals surface area contributed by atoms with Crippen molar-refractivity contribution in [1.82, 2.24) is 15.5 Å². The molecule has 0 saturated carbocycles. The Hall–Kier alpha value is -1.88. The molecule has 0 radical (unpaired) electrons. The van der Waals surface area contributed by atoms with Crippen LogP contribution in [0.3, 0.4) is 0 Å². The molecule has 0 aromatic heterocycles. The van der Waals surface area contributed by atoms with Gasteiger partial charge in [0.25, 0.3) is 0 Å². The smallest absolute Gasteiger partial charge is 0.239 e. The third-order valence-corrected chi connectivity index (χ3v) is 3.74. The fraction of sp³-hybridized carbons (Fsp3) is 0.429. The monoisotopic (exact) mass is 259 g/mol. The predicted octanol–water partition coefficient (Wildman–Crippen LogP) is -0.168. The summed E-state index contributed by atoms with van der Waals surface area (Å²) in [5, 5.41) is 6.01. The van der Waals surface area contributed by atoms with E-state index >= 15 is 0 Å². The molecule has 1 aromatic carbocycles. The molecule has 0 aliphatic carbocycles. The molecular weight excluding hydrogens is 242 g/mol. The van der Waals surface area contributed by atoms with Crippen molar-refractivity contribution in [1.29, 1.82) is 0 Å².